The summed E-state index contributed by atoms with van der Waals surface area (Å²) in [4.78, 5) is 20.1. The summed E-state index contributed by atoms with van der Waals surface area (Å²) in [5, 5.41) is 15.5. The van der Waals surface area contributed by atoms with Crippen molar-refractivity contribution in [2.75, 3.05) is 31.1 Å². The van der Waals surface area contributed by atoms with Gasteiger partial charge in [-0.1, -0.05) is 6.92 Å². The number of aromatic nitrogens is 4. The number of nitrogens with one attached hydrogen (secondary N) is 1. The van der Waals surface area contributed by atoms with E-state index in [2.05, 4.69) is 31.1 Å². The van der Waals surface area contributed by atoms with Gasteiger partial charge in [0.05, 0.1) is 12.1 Å². The molecule has 0 aliphatic carbocycles. The van der Waals surface area contributed by atoms with Crippen molar-refractivity contribution in [3.8, 4) is 6.07 Å². The van der Waals surface area contributed by atoms with Crippen molar-refractivity contribution in [2.45, 2.75) is 19.4 Å². The monoisotopic (exact) mass is 287 g/mol. The first-order valence-corrected chi connectivity index (χ1v) is 7.04. The molecule has 1 unspecified atom stereocenters. The number of H-pyrrole nitrogens is 1. The van der Waals surface area contributed by atoms with Gasteiger partial charge in [0.15, 0.2) is 5.65 Å². The lowest BCUT2D eigenvalue weighted by atomic mass is 10.2. The standard InChI is InChI=1S/C13H17N7O/c1-2-10(8-14)18-3-5-19(6-4-18)11-7-12-16-17-13(21)20(12)9-15-11/h7,9-10H,2-6H2,1H3,(H,17,21). The third kappa shape index (κ3) is 2.48. The van der Waals surface area contributed by atoms with Gasteiger partial charge >= 0.3 is 5.69 Å². The first-order valence-electron chi connectivity index (χ1n) is 7.04. The number of nitrogens with zero attached hydrogens (tertiary/aromatic N) is 6. The quantitative estimate of drug-likeness (QED) is 0.843. The van der Waals surface area contributed by atoms with Crippen molar-refractivity contribution >= 4 is 11.5 Å². The molecule has 0 radical (unpaired) electrons. The van der Waals surface area contributed by atoms with Crippen molar-refractivity contribution < 1.29 is 0 Å². The fourth-order valence-electron chi connectivity index (χ4n) is 2.67. The molecule has 3 rings (SSSR count). The van der Waals surface area contributed by atoms with Crippen LogP contribution in [0.5, 0.6) is 0 Å². The molecular weight excluding hydrogens is 270 g/mol. The van der Waals surface area contributed by atoms with E-state index in [0.29, 0.717) is 5.65 Å². The van der Waals surface area contributed by atoms with Gasteiger partial charge in [-0.15, -0.1) is 0 Å². The van der Waals surface area contributed by atoms with Crippen LogP contribution in [0.2, 0.25) is 0 Å². The molecule has 1 saturated heterocycles. The van der Waals surface area contributed by atoms with Crippen LogP contribution in [0.25, 0.3) is 5.65 Å². The molecule has 0 bridgehead atoms. The number of hydrogen-bond acceptors (Lipinski definition) is 6. The van der Waals surface area contributed by atoms with E-state index in [-0.39, 0.29) is 11.7 Å². The molecule has 0 spiro atoms. The summed E-state index contributed by atoms with van der Waals surface area (Å²) in [6.07, 6.45) is 2.34. The van der Waals surface area contributed by atoms with Crippen LogP contribution >= 0.6 is 0 Å². The summed E-state index contributed by atoms with van der Waals surface area (Å²) >= 11 is 0. The van der Waals surface area contributed by atoms with Crippen LogP contribution < -0.4 is 10.6 Å². The zero-order valence-corrected chi connectivity index (χ0v) is 11.9. The molecule has 21 heavy (non-hydrogen) atoms. The molecule has 8 heteroatoms. The molecule has 8 nitrogen and oxygen atoms in total. The van der Waals surface area contributed by atoms with Crippen LogP contribution in [0.15, 0.2) is 17.2 Å². The van der Waals surface area contributed by atoms with Crippen molar-refractivity contribution in [3.05, 3.63) is 22.9 Å². The second kappa shape index (κ2) is 5.54. The van der Waals surface area contributed by atoms with E-state index in [9.17, 15) is 4.79 Å². The molecule has 1 atom stereocenters. The zero-order valence-electron chi connectivity index (χ0n) is 11.9. The van der Waals surface area contributed by atoms with Gasteiger partial charge in [0, 0.05) is 32.2 Å². The number of rotatable bonds is 3. The van der Waals surface area contributed by atoms with Gasteiger partial charge < -0.3 is 4.90 Å². The lowest BCUT2D eigenvalue weighted by Crippen LogP contribution is -2.50. The Morgan fingerprint density at radius 3 is 2.86 bits per heavy atom. The van der Waals surface area contributed by atoms with E-state index in [1.54, 1.807) is 6.07 Å². The normalized spacial score (nSPS) is 17.8. The highest BCUT2D eigenvalue weighted by atomic mass is 16.1. The number of anilines is 1. The maximum Gasteiger partial charge on any atom is 0.348 e. The zero-order chi connectivity index (χ0) is 14.8. The average molecular weight is 287 g/mol. The Morgan fingerprint density at radius 2 is 2.19 bits per heavy atom. The summed E-state index contributed by atoms with van der Waals surface area (Å²) in [5.41, 5.74) is 0.282. The maximum absolute atomic E-state index is 11.4. The summed E-state index contributed by atoms with van der Waals surface area (Å²) in [7, 11) is 0. The number of aromatic amines is 1. The van der Waals surface area contributed by atoms with Crippen LogP contribution in [0.1, 0.15) is 13.3 Å². The fourth-order valence-corrected chi connectivity index (χ4v) is 2.67. The topological polar surface area (TPSA) is 93.3 Å². The number of fused-ring (bicyclic) bond motifs is 1. The molecule has 1 aliphatic rings. The first kappa shape index (κ1) is 13.6. The SMILES string of the molecule is CCC(C#N)N1CCN(c2cc3n[nH]c(=O)n3cn2)CC1. The van der Waals surface area contributed by atoms with Crippen LogP contribution in [0.4, 0.5) is 5.82 Å². The molecule has 2 aromatic heterocycles. The lowest BCUT2D eigenvalue weighted by Gasteiger charge is -2.37. The Morgan fingerprint density at radius 1 is 1.43 bits per heavy atom. The minimum atomic E-state index is -0.284. The predicted molar refractivity (Wildman–Crippen MR) is 77.1 cm³/mol. The molecule has 110 valence electrons. The van der Waals surface area contributed by atoms with E-state index in [1.807, 2.05) is 6.92 Å². The Labute approximate surface area is 121 Å². The lowest BCUT2D eigenvalue weighted by molar-refractivity contribution is 0.216. The third-order valence-corrected chi connectivity index (χ3v) is 3.91. The fraction of sp³-hybridized carbons (Fsp3) is 0.538. The van der Waals surface area contributed by atoms with Gasteiger partial charge in [-0.3, -0.25) is 4.90 Å². The van der Waals surface area contributed by atoms with E-state index in [4.69, 9.17) is 5.26 Å². The smallest absolute Gasteiger partial charge is 0.348 e. The highest BCUT2D eigenvalue weighted by molar-refractivity contribution is 5.50. The highest BCUT2D eigenvalue weighted by Crippen LogP contribution is 2.16. The van der Waals surface area contributed by atoms with E-state index >= 15 is 0 Å². The molecule has 1 fully saturated rings. The first-order chi connectivity index (χ1) is 10.2. The maximum atomic E-state index is 11.4. The Balaban J connectivity index is 1.73. The third-order valence-electron chi connectivity index (χ3n) is 3.91. The number of piperazine rings is 1. The van der Waals surface area contributed by atoms with Crippen LogP contribution in [-0.2, 0) is 0 Å². The largest absolute Gasteiger partial charge is 0.354 e. The van der Waals surface area contributed by atoms with Crippen molar-refractivity contribution in [1.29, 1.82) is 5.26 Å². The van der Waals surface area contributed by atoms with Gasteiger partial charge in [-0.25, -0.2) is 19.3 Å². The van der Waals surface area contributed by atoms with Crippen molar-refractivity contribution in [3.63, 3.8) is 0 Å². The summed E-state index contributed by atoms with van der Waals surface area (Å²) < 4.78 is 1.38. The van der Waals surface area contributed by atoms with Crippen LogP contribution in [0, 0.1) is 11.3 Å². The molecule has 3 heterocycles. The van der Waals surface area contributed by atoms with E-state index < -0.39 is 0 Å². The minimum absolute atomic E-state index is 0.00694. The predicted octanol–water partition coefficient (Wildman–Crippen LogP) is -0.158. The van der Waals surface area contributed by atoms with Crippen molar-refractivity contribution in [2.24, 2.45) is 0 Å². The molecule has 2 aromatic rings. The Hall–Kier alpha value is -2.40. The second-order valence-corrected chi connectivity index (χ2v) is 5.08. The van der Waals surface area contributed by atoms with E-state index in [0.717, 1.165) is 38.4 Å². The van der Waals surface area contributed by atoms with Crippen LogP contribution in [-0.4, -0.2) is 56.7 Å². The van der Waals surface area contributed by atoms with Gasteiger partial charge in [0.2, 0.25) is 0 Å². The highest BCUT2D eigenvalue weighted by Gasteiger charge is 2.23. The van der Waals surface area contributed by atoms with E-state index in [1.165, 1.54) is 10.7 Å². The van der Waals surface area contributed by atoms with Crippen LogP contribution in [0.3, 0.4) is 0 Å². The molecule has 0 aromatic carbocycles. The summed E-state index contributed by atoms with van der Waals surface area (Å²) in [5.74, 6) is 0.811. The van der Waals surface area contributed by atoms with Gasteiger partial charge in [-0.05, 0) is 6.42 Å². The van der Waals surface area contributed by atoms with Gasteiger partial charge in [-0.2, -0.15) is 10.4 Å². The number of nitriles is 1. The molecule has 0 saturated carbocycles. The summed E-state index contributed by atoms with van der Waals surface area (Å²) in [6.45, 7) is 5.34. The minimum Gasteiger partial charge on any atom is -0.354 e. The average Bonchev–Trinajstić information content (AvgIpc) is 2.90. The van der Waals surface area contributed by atoms with Gasteiger partial charge in [0.25, 0.3) is 0 Å². The molecule has 1 aliphatic heterocycles. The number of hydrogen-bond donors (Lipinski definition) is 1. The Bertz CT molecular complexity index is 720. The van der Waals surface area contributed by atoms with Crippen molar-refractivity contribution in [1.82, 2.24) is 24.5 Å². The molecule has 1 N–H and O–H groups in total. The summed E-state index contributed by atoms with van der Waals surface area (Å²) in [6, 6.07) is 4.14. The Kier molecular flexibility index (Phi) is 3.58. The van der Waals surface area contributed by atoms with Gasteiger partial charge in [0.1, 0.15) is 12.1 Å². The molecule has 0 amide bonds. The second-order valence-electron chi connectivity index (χ2n) is 5.08. The molecular formula is C13H17N7O.